The number of carbonyl (C=O) groups excluding carboxylic acids is 1. The third-order valence-corrected chi connectivity index (χ3v) is 5.29. The van der Waals surface area contributed by atoms with Crippen LogP contribution >= 0.6 is 23.1 Å². The number of thioether (sulfide) groups is 1. The molecule has 0 fully saturated rings. The van der Waals surface area contributed by atoms with Gasteiger partial charge in [-0.2, -0.15) is 0 Å². The van der Waals surface area contributed by atoms with Gasteiger partial charge in [-0.3, -0.25) is 14.9 Å². The molecular formula is C16H12N2O4S2. The standard InChI is InChI=1S/C16H12N2O4S2/c19-15(22-9-11-5-7-12(8-6-11)18(20)21)10-23-16-17-13-3-1-2-4-14(13)24-16/h1-8H,9-10H2. The maximum Gasteiger partial charge on any atom is 0.316 e. The van der Waals surface area contributed by atoms with Crippen molar-refractivity contribution in [2.45, 2.75) is 10.9 Å². The average molecular weight is 360 g/mol. The number of thiazole rings is 1. The number of esters is 1. The van der Waals surface area contributed by atoms with E-state index in [1.165, 1.54) is 35.2 Å². The van der Waals surface area contributed by atoms with Gasteiger partial charge in [0, 0.05) is 12.1 Å². The second kappa shape index (κ2) is 7.41. The van der Waals surface area contributed by atoms with Crippen molar-refractivity contribution in [3.8, 4) is 0 Å². The molecule has 1 heterocycles. The van der Waals surface area contributed by atoms with Crippen LogP contribution in [0, 0.1) is 10.1 Å². The summed E-state index contributed by atoms with van der Waals surface area (Å²) in [4.78, 5) is 26.4. The van der Waals surface area contributed by atoms with E-state index in [4.69, 9.17) is 4.74 Å². The van der Waals surface area contributed by atoms with Gasteiger partial charge in [-0.25, -0.2) is 4.98 Å². The molecule has 0 aliphatic rings. The first kappa shape index (κ1) is 16.4. The summed E-state index contributed by atoms with van der Waals surface area (Å²) in [5, 5.41) is 10.6. The molecule has 1 aromatic heterocycles. The van der Waals surface area contributed by atoms with Crippen LogP contribution in [0.25, 0.3) is 10.2 Å². The van der Waals surface area contributed by atoms with E-state index in [1.54, 1.807) is 12.1 Å². The Morgan fingerprint density at radius 2 is 1.96 bits per heavy atom. The van der Waals surface area contributed by atoms with Gasteiger partial charge >= 0.3 is 5.97 Å². The topological polar surface area (TPSA) is 82.3 Å². The molecule has 0 aliphatic carbocycles. The number of non-ortho nitro benzene ring substituents is 1. The first-order valence-electron chi connectivity index (χ1n) is 6.99. The Balaban J connectivity index is 1.49. The van der Waals surface area contributed by atoms with Crippen molar-refractivity contribution in [1.82, 2.24) is 4.98 Å². The summed E-state index contributed by atoms with van der Waals surface area (Å²) in [7, 11) is 0. The van der Waals surface area contributed by atoms with Gasteiger partial charge in [0.25, 0.3) is 5.69 Å². The van der Waals surface area contributed by atoms with Crippen molar-refractivity contribution < 1.29 is 14.5 Å². The van der Waals surface area contributed by atoms with Crippen LogP contribution in [0.3, 0.4) is 0 Å². The Kier molecular flexibility index (Phi) is 5.07. The van der Waals surface area contributed by atoms with Crippen LogP contribution in [0.5, 0.6) is 0 Å². The third-order valence-electron chi connectivity index (χ3n) is 3.13. The first-order chi connectivity index (χ1) is 11.6. The number of nitro benzene ring substituents is 1. The van der Waals surface area contributed by atoms with E-state index in [-0.39, 0.29) is 24.0 Å². The number of hydrogen-bond donors (Lipinski definition) is 0. The maximum absolute atomic E-state index is 11.8. The number of rotatable bonds is 6. The summed E-state index contributed by atoms with van der Waals surface area (Å²) in [6.07, 6.45) is 0. The SMILES string of the molecule is O=C(CSc1nc2ccccc2s1)OCc1ccc([N+](=O)[O-])cc1. The molecule has 24 heavy (non-hydrogen) atoms. The Morgan fingerprint density at radius 3 is 2.67 bits per heavy atom. The Morgan fingerprint density at radius 1 is 1.21 bits per heavy atom. The van der Waals surface area contributed by atoms with Gasteiger partial charge < -0.3 is 4.74 Å². The van der Waals surface area contributed by atoms with Crippen molar-refractivity contribution in [1.29, 1.82) is 0 Å². The van der Waals surface area contributed by atoms with Gasteiger partial charge in [-0.1, -0.05) is 23.9 Å². The van der Waals surface area contributed by atoms with E-state index >= 15 is 0 Å². The largest absolute Gasteiger partial charge is 0.460 e. The van der Waals surface area contributed by atoms with Crippen LogP contribution in [0.15, 0.2) is 52.9 Å². The molecule has 0 saturated carbocycles. The van der Waals surface area contributed by atoms with Crippen molar-refractivity contribution in [3.05, 3.63) is 64.2 Å². The zero-order valence-electron chi connectivity index (χ0n) is 12.4. The van der Waals surface area contributed by atoms with Gasteiger partial charge in [0.05, 0.1) is 20.9 Å². The summed E-state index contributed by atoms with van der Waals surface area (Å²) >= 11 is 2.88. The fourth-order valence-corrected chi connectivity index (χ4v) is 3.82. The fourth-order valence-electron chi connectivity index (χ4n) is 1.95. The Hall–Kier alpha value is -2.45. The molecule has 122 valence electrons. The molecule has 0 aliphatic heterocycles. The van der Waals surface area contributed by atoms with E-state index in [9.17, 15) is 14.9 Å². The second-order valence-electron chi connectivity index (χ2n) is 4.82. The minimum atomic E-state index is -0.468. The van der Waals surface area contributed by atoms with Crippen molar-refractivity contribution in [3.63, 3.8) is 0 Å². The lowest BCUT2D eigenvalue weighted by molar-refractivity contribution is -0.384. The summed E-state index contributed by atoms with van der Waals surface area (Å²) < 4.78 is 7.08. The van der Waals surface area contributed by atoms with E-state index in [1.807, 2.05) is 24.3 Å². The Labute approximate surface area is 145 Å². The molecule has 0 bridgehead atoms. The quantitative estimate of drug-likeness (QED) is 0.285. The molecule has 0 radical (unpaired) electrons. The molecule has 3 aromatic rings. The molecule has 0 saturated heterocycles. The number of benzene rings is 2. The zero-order chi connectivity index (χ0) is 16.9. The smallest absolute Gasteiger partial charge is 0.316 e. The summed E-state index contributed by atoms with van der Waals surface area (Å²) in [5.74, 6) is -0.176. The van der Waals surface area contributed by atoms with E-state index in [0.29, 0.717) is 5.56 Å². The van der Waals surface area contributed by atoms with Crippen LogP contribution in [0.1, 0.15) is 5.56 Å². The van der Waals surface area contributed by atoms with Gasteiger partial charge in [0.1, 0.15) is 6.61 Å². The normalized spacial score (nSPS) is 10.7. The second-order valence-corrected chi connectivity index (χ2v) is 7.07. The lowest BCUT2D eigenvalue weighted by Gasteiger charge is -2.04. The molecule has 0 unspecified atom stereocenters. The summed E-state index contributed by atoms with van der Waals surface area (Å²) in [6, 6.07) is 13.7. The number of fused-ring (bicyclic) bond motifs is 1. The summed E-state index contributed by atoms with van der Waals surface area (Å²) in [6.45, 7) is 0.0945. The number of carbonyl (C=O) groups is 1. The summed E-state index contributed by atoms with van der Waals surface area (Å²) in [5.41, 5.74) is 1.64. The molecule has 6 nitrogen and oxygen atoms in total. The van der Waals surface area contributed by atoms with E-state index < -0.39 is 4.92 Å². The first-order valence-corrected chi connectivity index (χ1v) is 8.79. The molecule has 0 amide bonds. The van der Waals surface area contributed by atoms with Crippen LogP contribution < -0.4 is 0 Å². The number of hydrogen-bond acceptors (Lipinski definition) is 7. The highest BCUT2D eigenvalue weighted by molar-refractivity contribution is 8.01. The monoisotopic (exact) mass is 360 g/mol. The van der Waals surface area contributed by atoms with Crippen LogP contribution in [0.2, 0.25) is 0 Å². The number of ether oxygens (including phenoxy) is 1. The third kappa shape index (κ3) is 4.09. The van der Waals surface area contributed by atoms with Crippen LogP contribution in [-0.2, 0) is 16.1 Å². The molecule has 8 heteroatoms. The molecule has 2 aromatic carbocycles. The molecule has 0 N–H and O–H groups in total. The van der Waals surface area contributed by atoms with E-state index in [2.05, 4.69) is 4.98 Å². The number of nitro groups is 1. The van der Waals surface area contributed by atoms with Crippen molar-refractivity contribution in [2.24, 2.45) is 0 Å². The van der Waals surface area contributed by atoms with Crippen LogP contribution in [-0.4, -0.2) is 21.6 Å². The molecule has 0 spiro atoms. The lowest BCUT2D eigenvalue weighted by atomic mass is 10.2. The Bertz CT molecular complexity index is 844. The molecular weight excluding hydrogens is 348 g/mol. The molecule has 0 atom stereocenters. The highest BCUT2D eigenvalue weighted by atomic mass is 32.2. The van der Waals surface area contributed by atoms with Crippen LogP contribution in [0.4, 0.5) is 5.69 Å². The van der Waals surface area contributed by atoms with E-state index in [0.717, 1.165) is 14.6 Å². The number of aromatic nitrogens is 1. The fraction of sp³-hybridized carbons (Fsp3) is 0.125. The van der Waals surface area contributed by atoms with Gasteiger partial charge in [0.15, 0.2) is 4.34 Å². The van der Waals surface area contributed by atoms with Gasteiger partial charge in [-0.05, 0) is 29.8 Å². The number of para-hydroxylation sites is 1. The van der Waals surface area contributed by atoms with Crippen molar-refractivity contribution >= 4 is 45.0 Å². The number of nitrogens with zero attached hydrogens (tertiary/aromatic N) is 2. The predicted molar refractivity (Wildman–Crippen MR) is 93.2 cm³/mol. The molecule has 3 rings (SSSR count). The predicted octanol–water partition coefficient (Wildman–Crippen LogP) is 4.04. The average Bonchev–Trinajstić information content (AvgIpc) is 3.01. The minimum absolute atomic E-state index is 0.0106. The van der Waals surface area contributed by atoms with Gasteiger partial charge in [0.2, 0.25) is 0 Å². The minimum Gasteiger partial charge on any atom is -0.460 e. The van der Waals surface area contributed by atoms with Gasteiger partial charge in [-0.15, -0.1) is 11.3 Å². The van der Waals surface area contributed by atoms with Crippen molar-refractivity contribution in [2.75, 3.05) is 5.75 Å². The zero-order valence-corrected chi connectivity index (χ0v) is 14.0. The highest BCUT2D eigenvalue weighted by Gasteiger charge is 2.09. The highest BCUT2D eigenvalue weighted by Crippen LogP contribution is 2.29. The maximum atomic E-state index is 11.8. The lowest BCUT2D eigenvalue weighted by Crippen LogP contribution is -2.07.